The second-order valence-corrected chi connectivity index (χ2v) is 12.8. The van der Waals surface area contributed by atoms with Crippen LogP contribution in [-0.4, -0.2) is 83.9 Å². The van der Waals surface area contributed by atoms with Crippen LogP contribution in [-0.2, 0) is 9.53 Å². The number of aliphatic hydroxyl groups is 1. The highest BCUT2D eigenvalue weighted by Gasteiger charge is 2.44. The van der Waals surface area contributed by atoms with Crippen LogP contribution in [0.5, 0.6) is 0 Å². The molecule has 0 bridgehead atoms. The topological polar surface area (TPSA) is 98.2 Å². The standard InChI is InChI=1S/C33H34ClF2N5O4S/c1-4-22-28(23-7-6-20(35)14-24(23)34)29(32(43)45-3)26(38-30(22)31-37-9-12-46-31)17-39-10-11-40-21(15-39)16-41(33(40)44)27-8-5-19(18(2)42)13-25(27)36/h5-9,12-14,21,28,33,38,44H,4,10-11,15-17H2,1-3H3/t21-,28-,33?/m0/s1. The van der Waals surface area contributed by atoms with Crippen LogP contribution < -0.4 is 10.2 Å². The molecule has 2 fully saturated rings. The third-order valence-corrected chi connectivity index (χ3v) is 10.0. The molecule has 2 N–H and O–H groups in total. The molecule has 3 aliphatic rings. The minimum atomic E-state index is -1.03. The van der Waals surface area contributed by atoms with Gasteiger partial charge in [0.1, 0.15) is 16.6 Å². The van der Waals surface area contributed by atoms with Crippen molar-refractivity contribution in [2.45, 2.75) is 38.6 Å². The number of Topliss-reactive ketones (excluding diaryl/α,β-unsaturated/α-hetero) is 1. The highest BCUT2D eigenvalue weighted by atomic mass is 35.5. The van der Waals surface area contributed by atoms with Crippen molar-refractivity contribution in [2.75, 3.05) is 44.7 Å². The number of anilines is 1. The van der Waals surface area contributed by atoms with Gasteiger partial charge in [-0.05, 0) is 54.8 Å². The number of carbonyl (C=O) groups is 2. The molecule has 1 aromatic heterocycles. The first-order valence-corrected chi connectivity index (χ1v) is 16.3. The summed E-state index contributed by atoms with van der Waals surface area (Å²) in [6.07, 6.45) is 1.25. The Hall–Kier alpha value is -3.68. The van der Waals surface area contributed by atoms with Crippen LogP contribution in [0.2, 0.25) is 5.02 Å². The number of rotatable bonds is 8. The number of ether oxygens (including phenoxy) is 1. The number of methoxy groups -OCH3 is 1. The lowest BCUT2D eigenvalue weighted by Gasteiger charge is -2.40. The zero-order chi connectivity index (χ0) is 32.7. The molecule has 0 amide bonds. The minimum Gasteiger partial charge on any atom is -0.466 e. The summed E-state index contributed by atoms with van der Waals surface area (Å²) in [5.41, 5.74) is 3.75. The largest absolute Gasteiger partial charge is 0.466 e. The number of nitrogens with one attached hydrogen (secondary N) is 1. The zero-order valence-corrected chi connectivity index (χ0v) is 27.2. The lowest BCUT2D eigenvalue weighted by atomic mass is 9.79. The highest BCUT2D eigenvalue weighted by Crippen LogP contribution is 2.45. The van der Waals surface area contributed by atoms with E-state index in [1.54, 1.807) is 23.2 Å². The molecule has 0 aliphatic carbocycles. The van der Waals surface area contributed by atoms with E-state index in [4.69, 9.17) is 16.3 Å². The van der Waals surface area contributed by atoms with E-state index in [9.17, 15) is 19.1 Å². The fourth-order valence-electron chi connectivity index (χ4n) is 6.71. The first-order valence-electron chi connectivity index (χ1n) is 15.0. The number of aromatic nitrogens is 1. The normalized spacial score (nSPS) is 22.2. The fraction of sp³-hybridized carbons (Fsp3) is 0.364. The lowest BCUT2D eigenvalue weighted by Crippen LogP contribution is -2.54. The summed E-state index contributed by atoms with van der Waals surface area (Å²) in [6.45, 7) is 5.66. The second kappa shape index (κ2) is 13.2. The van der Waals surface area contributed by atoms with Crippen molar-refractivity contribution in [3.05, 3.63) is 97.6 Å². The van der Waals surface area contributed by atoms with Gasteiger partial charge in [-0.15, -0.1) is 11.3 Å². The van der Waals surface area contributed by atoms with Gasteiger partial charge in [0.2, 0.25) is 0 Å². The molecule has 6 rings (SSSR count). The number of aliphatic hydroxyl groups excluding tert-OH is 1. The van der Waals surface area contributed by atoms with Crippen molar-refractivity contribution >= 4 is 46.1 Å². The molecular weight excluding hydrogens is 636 g/mol. The van der Waals surface area contributed by atoms with Crippen LogP contribution in [0.4, 0.5) is 14.5 Å². The number of piperazine rings is 1. The highest BCUT2D eigenvalue weighted by molar-refractivity contribution is 7.10. The Morgan fingerprint density at radius 2 is 1.98 bits per heavy atom. The summed E-state index contributed by atoms with van der Waals surface area (Å²) in [4.78, 5) is 35.6. The van der Waals surface area contributed by atoms with Gasteiger partial charge in [0.25, 0.3) is 0 Å². The second-order valence-electron chi connectivity index (χ2n) is 11.5. The van der Waals surface area contributed by atoms with Crippen molar-refractivity contribution in [1.82, 2.24) is 20.1 Å². The number of dihydropyridines is 1. The molecule has 3 atom stereocenters. The Balaban J connectivity index is 1.33. The Morgan fingerprint density at radius 1 is 1.17 bits per heavy atom. The van der Waals surface area contributed by atoms with Gasteiger partial charge in [0, 0.05) is 72.5 Å². The molecule has 4 heterocycles. The van der Waals surface area contributed by atoms with Crippen LogP contribution in [0.15, 0.2) is 64.8 Å². The van der Waals surface area contributed by atoms with E-state index < -0.39 is 29.9 Å². The van der Waals surface area contributed by atoms with Gasteiger partial charge in [-0.1, -0.05) is 24.6 Å². The molecule has 0 saturated carbocycles. The van der Waals surface area contributed by atoms with E-state index in [0.717, 1.165) is 16.3 Å². The number of hydrogen-bond donors (Lipinski definition) is 2. The molecule has 3 aliphatic heterocycles. The quantitative estimate of drug-likeness (QED) is 0.254. The summed E-state index contributed by atoms with van der Waals surface area (Å²) in [5.74, 6) is -2.41. The van der Waals surface area contributed by atoms with Gasteiger partial charge in [-0.3, -0.25) is 14.6 Å². The average Bonchev–Trinajstić information content (AvgIpc) is 3.68. The molecule has 13 heteroatoms. The summed E-state index contributed by atoms with van der Waals surface area (Å²) >= 11 is 8.09. The average molecular weight is 670 g/mol. The Bertz CT molecular complexity index is 1730. The monoisotopic (exact) mass is 669 g/mol. The van der Waals surface area contributed by atoms with Crippen molar-refractivity contribution in [1.29, 1.82) is 0 Å². The third kappa shape index (κ3) is 5.95. The smallest absolute Gasteiger partial charge is 0.336 e. The number of allylic oxidation sites excluding steroid dienone is 1. The van der Waals surface area contributed by atoms with Crippen molar-refractivity contribution in [3.63, 3.8) is 0 Å². The van der Waals surface area contributed by atoms with Crippen molar-refractivity contribution in [2.24, 2.45) is 0 Å². The summed E-state index contributed by atoms with van der Waals surface area (Å²) < 4.78 is 34.5. The maximum absolute atomic E-state index is 15.1. The van der Waals surface area contributed by atoms with Crippen LogP contribution in [0, 0.1) is 11.6 Å². The molecule has 0 spiro atoms. The predicted molar refractivity (Wildman–Crippen MR) is 172 cm³/mol. The Kier molecular flexibility index (Phi) is 9.26. The van der Waals surface area contributed by atoms with Gasteiger partial charge in [-0.25, -0.2) is 18.6 Å². The maximum Gasteiger partial charge on any atom is 0.336 e. The summed E-state index contributed by atoms with van der Waals surface area (Å²) in [6, 6.07) is 8.35. The van der Waals surface area contributed by atoms with Crippen LogP contribution in [0.25, 0.3) is 5.70 Å². The van der Waals surface area contributed by atoms with Crippen molar-refractivity contribution < 1.29 is 28.2 Å². The van der Waals surface area contributed by atoms with E-state index in [0.29, 0.717) is 56.0 Å². The van der Waals surface area contributed by atoms with E-state index in [1.807, 2.05) is 17.2 Å². The summed E-state index contributed by atoms with van der Waals surface area (Å²) in [5, 5.41) is 17.5. The van der Waals surface area contributed by atoms with Gasteiger partial charge >= 0.3 is 5.97 Å². The number of esters is 1. The van der Waals surface area contributed by atoms with Crippen LogP contribution in [0.1, 0.15) is 47.1 Å². The zero-order valence-electron chi connectivity index (χ0n) is 25.6. The summed E-state index contributed by atoms with van der Waals surface area (Å²) in [7, 11) is 1.33. The first-order chi connectivity index (χ1) is 22.1. The molecule has 2 saturated heterocycles. The van der Waals surface area contributed by atoms with Crippen LogP contribution >= 0.6 is 22.9 Å². The number of nitrogens with zero attached hydrogens (tertiary/aromatic N) is 4. The van der Waals surface area contributed by atoms with Crippen LogP contribution in [0.3, 0.4) is 0 Å². The molecule has 3 aromatic rings. The van der Waals surface area contributed by atoms with E-state index in [1.165, 1.54) is 49.6 Å². The van der Waals surface area contributed by atoms with E-state index >= 15 is 4.39 Å². The number of hydrogen-bond acceptors (Lipinski definition) is 10. The SMILES string of the molecule is CCC1=C(c2nccs2)NC(CN2CCN3C(O)N(c4ccc(C(C)=O)cc4F)C[C@@H]3C2)=C(C(=O)OC)[C@@H]1c1ccc(F)cc1Cl. The van der Waals surface area contributed by atoms with Gasteiger partial charge in [0.05, 0.1) is 24.1 Å². The molecular formula is C33H34ClF2N5O4S. The predicted octanol–water partition coefficient (Wildman–Crippen LogP) is 4.99. The third-order valence-electron chi connectivity index (χ3n) is 8.91. The Morgan fingerprint density at radius 3 is 2.63 bits per heavy atom. The minimum absolute atomic E-state index is 0.135. The number of benzene rings is 2. The number of thiazole rings is 1. The van der Waals surface area contributed by atoms with E-state index in [-0.39, 0.29) is 28.1 Å². The molecule has 1 unspecified atom stereocenters. The number of carbonyl (C=O) groups excluding carboxylic acids is 2. The molecule has 0 radical (unpaired) electrons. The lowest BCUT2D eigenvalue weighted by molar-refractivity contribution is -0.136. The maximum atomic E-state index is 15.1. The molecule has 2 aromatic carbocycles. The number of ketones is 1. The van der Waals surface area contributed by atoms with Gasteiger partial charge in [-0.2, -0.15) is 0 Å². The number of halogens is 3. The van der Waals surface area contributed by atoms with Gasteiger partial charge in [0.15, 0.2) is 12.1 Å². The Labute approximate surface area is 274 Å². The van der Waals surface area contributed by atoms with Gasteiger partial charge < -0.3 is 20.1 Å². The molecule has 9 nitrogen and oxygen atoms in total. The molecule has 242 valence electrons. The fourth-order valence-corrected chi connectivity index (χ4v) is 7.66. The van der Waals surface area contributed by atoms with Crippen molar-refractivity contribution in [3.8, 4) is 0 Å². The van der Waals surface area contributed by atoms with E-state index in [2.05, 4.69) is 15.2 Å². The first kappa shape index (κ1) is 32.3. The number of fused-ring (bicyclic) bond motifs is 1. The molecule has 46 heavy (non-hydrogen) atoms.